The Bertz CT molecular complexity index is 401. The van der Waals surface area contributed by atoms with Gasteiger partial charge in [-0.3, -0.25) is 4.90 Å². The lowest BCUT2D eigenvalue weighted by Crippen LogP contribution is -2.32. The highest BCUT2D eigenvalue weighted by atomic mass is 32.2. The number of hydrogen-bond acceptors (Lipinski definition) is 5. The van der Waals surface area contributed by atoms with Gasteiger partial charge in [-0.15, -0.1) is 0 Å². The lowest BCUT2D eigenvalue weighted by Gasteiger charge is -2.27. The molecule has 1 heterocycles. The zero-order valence-electron chi connectivity index (χ0n) is 10.9. The second kappa shape index (κ2) is 6.31. The Balaban J connectivity index is 2.12. The van der Waals surface area contributed by atoms with Crippen LogP contribution >= 0.6 is 11.8 Å². The molecule has 1 aromatic carbocycles. The van der Waals surface area contributed by atoms with Gasteiger partial charge >= 0.3 is 0 Å². The Morgan fingerprint density at radius 1 is 1.39 bits per heavy atom. The van der Waals surface area contributed by atoms with Crippen LogP contribution in [0.5, 0.6) is 11.5 Å². The number of nitrogens with zero attached hydrogens (tertiary/aromatic N) is 1. The highest BCUT2D eigenvalue weighted by Crippen LogP contribution is 2.35. The molecule has 0 aliphatic carbocycles. The number of likely N-dealkylation sites (N-methyl/N-ethyl adjacent to an activating group) is 1. The number of ether oxygens (including phenoxy) is 2. The van der Waals surface area contributed by atoms with E-state index in [2.05, 4.69) is 24.3 Å². The van der Waals surface area contributed by atoms with Crippen molar-refractivity contribution in [2.24, 2.45) is 5.73 Å². The van der Waals surface area contributed by atoms with E-state index in [1.807, 2.05) is 23.9 Å². The van der Waals surface area contributed by atoms with Gasteiger partial charge in [-0.05, 0) is 31.0 Å². The molecule has 1 aliphatic rings. The van der Waals surface area contributed by atoms with Gasteiger partial charge < -0.3 is 15.2 Å². The molecule has 0 bridgehead atoms. The molecule has 1 atom stereocenters. The summed E-state index contributed by atoms with van der Waals surface area (Å²) in [7, 11) is 2.11. The lowest BCUT2D eigenvalue weighted by molar-refractivity contribution is 0.174. The molecular weight excluding hydrogens is 248 g/mol. The molecule has 5 heteroatoms. The second-order valence-electron chi connectivity index (χ2n) is 4.34. The van der Waals surface area contributed by atoms with Crippen molar-refractivity contribution in [2.45, 2.75) is 6.04 Å². The fourth-order valence-corrected chi connectivity index (χ4v) is 2.55. The molecule has 0 radical (unpaired) electrons. The minimum atomic E-state index is 0.228. The molecule has 2 rings (SSSR count). The van der Waals surface area contributed by atoms with E-state index >= 15 is 0 Å². The molecule has 18 heavy (non-hydrogen) atoms. The van der Waals surface area contributed by atoms with Crippen LogP contribution in [0.2, 0.25) is 0 Å². The lowest BCUT2D eigenvalue weighted by atomic mass is 10.1. The summed E-state index contributed by atoms with van der Waals surface area (Å²) >= 11 is 1.85. The molecule has 100 valence electrons. The number of hydrogen-bond donors (Lipinski definition) is 1. The molecule has 4 nitrogen and oxygen atoms in total. The Hall–Kier alpha value is -0.910. The van der Waals surface area contributed by atoms with E-state index in [9.17, 15) is 0 Å². The average molecular weight is 268 g/mol. The summed E-state index contributed by atoms with van der Waals surface area (Å²) in [6, 6.07) is 6.30. The van der Waals surface area contributed by atoms with Crippen molar-refractivity contribution in [2.75, 3.05) is 38.9 Å². The van der Waals surface area contributed by atoms with Crippen molar-refractivity contribution < 1.29 is 9.47 Å². The normalized spacial score (nSPS) is 15.1. The first-order valence-electron chi connectivity index (χ1n) is 6.05. The quantitative estimate of drug-likeness (QED) is 0.851. The number of fused-ring (bicyclic) bond motifs is 1. The van der Waals surface area contributed by atoms with Gasteiger partial charge in [0.05, 0.1) is 0 Å². The van der Waals surface area contributed by atoms with Crippen molar-refractivity contribution in [3.05, 3.63) is 23.8 Å². The zero-order valence-corrected chi connectivity index (χ0v) is 11.7. The van der Waals surface area contributed by atoms with Crippen LogP contribution in [-0.2, 0) is 0 Å². The summed E-state index contributed by atoms with van der Waals surface area (Å²) in [5.41, 5.74) is 7.09. The van der Waals surface area contributed by atoms with Crippen LogP contribution in [0.25, 0.3) is 0 Å². The van der Waals surface area contributed by atoms with Crippen LogP contribution in [-0.4, -0.2) is 43.8 Å². The molecule has 1 unspecified atom stereocenters. The van der Waals surface area contributed by atoms with Crippen LogP contribution in [0.4, 0.5) is 0 Å². The zero-order chi connectivity index (χ0) is 13.0. The molecule has 1 aliphatic heterocycles. The minimum Gasteiger partial charge on any atom is -0.454 e. The third kappa shape index (κ3) is 2.91. The van der Waals surface area contributed by atoms with Gasteiger partial charge in [-0.25, -0.2) is 0 Å². The molecule has 0 saturated carbocycles. The number of nitrogens with two attached hydrogens (primary N) is 1. The fraction of sp³-hybridized carbons (Fsp3) is 0.538. The summed E-state index contributed by atoms with van der Waals surface area (Å²) in [5, 5.41) is 0. The standard InChI is InChI=1S/C13H20N2O2S/c1-15(5-6-18-2)11(8-14)10-3-4-12-13(7-10)17-9-16-12/h3-4,7,11H,5-6,8-9,14H2,1-2H3. The smallest absolute Gasteiger partial charge is 0.231 e. The minimum absolute atomic E-state index is 0.228. The topological polar surface area (TPSA) is 47.7 Å². The Morgan fingerprint density at radius 2 is 2.17 bits per heavy atom. The maximum Gasteiger partial charge on any atom is 0.231 e. The van der Waals surface area contributed by atoms with Crippen LogP contribution in [0, 0.1) is 0 Å². The predicted octanol–water partition coefficient (Wildman–Crippen LogP) is 1.71. The predicted molar refractivity (Wildman–Crippen MR) is 75.4 cm³/mol. The van der Waals surface area contributed by atoms with E-state index < -0.39 is 0 Å². The first-order valence-corrected chi connectivity index (χ1v) is 7.44. The van der Waals surface area contributed by atoms with E-state index in [4.69, 9.17) is 15.2 Å². The summed E-state index contributed by atoms with van der Waals surface area (Å²) in [6.45, 7) is 1.94. The van der Waals surface area contributed by atoms with E-state index in [-0.39, 0.29) is 6.04 Å². The SMILES string of the molecule is CSCCN(C)C(CN)c1ccc2c(c1)OCO2. The highest BCUT2D eigenvalue weighted by molar-refractivity contribution is 7.98. The van der Waals surface area contributed by atoms with Crippen molar-refractivity contribution in [3.63, 3.8) is 0 Å². The van der Waals surface area contributed by atoms with Gasteiger partial charge in [-0.2, -0.15) is 11.8 Å². The van der Waals surface area contributed by atoms with Crippen LogP contribution in [0.1, 0.15) is 11.6 Å². The van der Waals surface area contributed by atoms with Crippen LogP contribution in [0.3, 0.4) is 0 Å². The highest BCUT2D eigenvalue weighted by Gasteiger charge is 2.19. The molecular formula is C13H20N2O2S. The molecule has 0 aromatic heterocycles. The third-order valence-electron chi connectivity index (χ3n) is 3.18. The first kappa shape index (κ1) is 13.5. The van der Waals surface area contributed by atoms with E-state index in [0.29, 0.717) is 13.3 Å². The van der Waals surface area contributed by atoms with E-state index in [0.717, 1.165) is 23.8 Å². The maximum atomic E-state index is 5.90. The van der Waals surface area contributed by atoms with Crippen molar-refractivity contribution in [1.82, 2.24) is 4.90 Å². The van der Waals surface area contributed by atoms with Crippen molar-refractivity contribution >= 4 is 11.8 Å². The van der Waals surface area contributed by atoms with Gasteiger partial charge in [-0.1, -0.05) is 6.07 Å². The fourth-order valence-electron chi connectivity index (χ4n) is 2.08. The van der Waals surface area contributed by atoms with Crippen molar-refractivity contribution in [1.29, 1.82) is 0 Å². The van der Waals surface area contributed by atoms with Crippen LogP contribution in [0.15, 0.2) is 18.2 Å². The number of rotatable bonds is 6. The van der Waals surface area contributed by atoms with Crippen molar-refractivity contribution in [3.8, 4) is 11.5 Å². The van der Waals surface area contributed by atoms with Crippen LogP contribution < -0.4 is 15.2 Å². The number of thioether (sulfide) groups is 1. The van der Waals surface area contributed by atoms with E-state index in [1.54, 1.807) is 0 Å². The monoisotopic (exact) mass is 268 g/mol. The van der Waals surface area contributed by atoms with Gasteiger partial charge in [0.2, 0.25) is 6.79 Å². The molecule has 0 spiro atoms. The average Bonchev–Trinajstić information content (AvgIpc) is 2.84. The molecule has 0 saturated heterocycles. The maximum absolute atomic E-state index is 5.90. The van der Waals surface area contributed by atoms with Gasteiger partial charge in [0.15, 0.2) is 11.5 Å². The largest absolute Gasteiger partial charge is 0.454 e. The van der Waals surface area contributed by atoms with E-state index in [1.165, 1.54) is 5.56 Å². The summed E-state index contributed by atoms with van der Waals surface area (Å²) in [6.07, 6.45) is 2.12. The third-order valence-corrected chi connectivity index (χ3v) is 3.78. The van der Waals surface area contributed by atoms with Gasteiger partial charge in [0.1, 0.15) is 0 Å². The Morgan fingerprint density at radius 3 is 2.89 bits per heavy atom. The summed E-state index contributed by atoms with van der Waals surface area (Å²) < 4.78 is 10.7. The number of benzene rings is 1. The van der Waals surface area contributed by atoms with Gasteiger partial charge in [0.25, 0.3) is 0 Å². The Kier molecular flexibility index (Phi) is 4.74. The molecule has 0 fully saturated rings. The van der Waals surface area contributed by atoms with Gasteiger partial charge in [0, 0.05) is 24.9 Å². The molecule has 2 N–H and O–H groups in total. The summed E-state index contributed by atoms with van der Waals surface area (Å²) in [4.78, 5) is 2.29. The Labute approximate surface area is 112 Å². The molecule has 1 aromatic rings. The molecule has 0 amide bonds. The summed E-state index contributed by atoms with van der Waals surface area (Å²) in [5.74, 6) is 2.75. The second-order valence-corrected chi connectivity index (χ2v) is 5.32. The first-order chi connectivity index (χ1) is 8.76.